The second-order valence-electron chi connectivity index (χ2n) is 5.33. The summed E-state index contributed by atoms with van der Waals surface area (Å²) in [6.45, 7) is -1.50. The number of alkyl halides is 2. The number of nitrogens with zero attached hydrogens (tertiary/aromatic N) is 1. The average Bonchev–Trinajstić information content (AvgIpc) is 3.32. The van der Waals surface area contributed by atoms with Crippen LogP contribution in [-0.4, -0.2) is 29.5 Å². The Morgan fingerprint density at radius 1 is 1.11 bits per heavy atom. The predicted octanol–water partition coefficient (Wildman–Crippen LogP) is 4.90. The molecule has 0 unspecified atom stereocenters. The molecular weight excluding hydrogens is 396 g/mol. The summed E-state index contributed by atoms with van der Waals surface area (Å²) in [5, 5.41) is 4.18. The lowest BCUT2D eigenvalue weighted by atomic mass is 10.1. The van der Waals surface area contributed by atoms with Gasteiger partial charge in [-0.25, -0.2) is 9.78 Å². The lowest BCUT2D eigenvalue weighted by molar-refractivity contribution is -0.0498. The smallest absolute Gasteiger partial charge is 0.387 e. The number of carbonyl (C=O) groups excluding carboxylic acids is 2. The van der Waals surface area contributed by atoms with Gasteiger partial charge in [0, 0.05) is 10.9 Å². The number of Topliss-reactive ketones (excluding diaryl/α,β-unsaturated/α-hetero) is 1. The van der Waals surface area contributed by atoms with Crippen LogP contribution in [-0.2, 0) is 4.74 Å². The Labute approximate surface area is 161 Å². The van der Waals surface area contributed by atoms with Crippen LogP contribution in [0.15, 0.2) is 47.2 Å². The Morgan fingerprint density at radius 2 is 1.85 bits per heavy atom. The maximum atomic E-state index is 12.4. The van der Waals surface area contributed by atoms with Gasteiger partial charge >= 0.3 is 12.6 Å². The molecule has 0 spiro atoms. The number of esters is 1. The molecule has 27 heavy (non-hydrogen) atoms. The van der Waals surface area contributed by atoms with Gasteiger partial charge in [-0.1, -0.05) is 6.07 Å². The minimum absolute atomic E-state index is 0.0604. The van der Waals surface area contributed by atoms with Gasteiger partial charge in [0.2, 0.25) is 5.78 Å². The van der Waals surface area contributed by atoms with Gasteiger partial charge in [0.1, 0.15) is 10.8 Å². The first kappa shape index (κ1) is 19.1. The molecule has 0 saturated carbocycles. The summed E-state index contributed by atoms with van der Waals surface area (Å²) in [5.74, 6) is -1.22. The van der Waals surface area contributed by atoms with E-state index in [9.17, 15) is 18.4 Å². The van der Waals surface area contributed by atoms with Crippen molar-refractivity contribution in [2.24, 2.45) is 0 Å². The molecule has 2 aromatic heterocycles. The van der Waals surface area contributed by atoms with E-state index in [1.807, 2.05) is 17.5 Å². The fourth-order valence-electron chi connectivity index (χ4n) is 2.19. The Kier molecular flexibility index (Phi) is 5.92. The first-order valence-corrected chi connectivity index (χ1v) is 9.49. The van der Waals surface area contributed by atoms with E-state index in [1.54, 1.807) is 5.38 Å². The van der Waals surface area contributed by atoms with Crippen molar-refractivity contribution in [1.82, 2.24) is 4.98 Å². The topological polar surface area (TPSA) is 65.5 Å². The molecule has 0 amide bonds. The lowest BCUT2D eigenvalue weighted by Gasteiger charge is -2.12. The highest BCUT2D eigenvalue weighted by atomic mass is 32.1. The first-order chi connectivity index (χ1) is 12.9. The summed E-state index contributed by atoms with van der Waals surface area (Å²) in [5.41, 5.74) is 0.346. The number of aromatic nitrogens is 1. The number of hydrogen-bond donors (Lipinski definition) is 0. The maximum Gasteiger partial charge on any atom is 0.387 e. The molecule has 0 bridgehead atoms. The number of ketones is 1. The summed E-state index contributed by atoms with van der Waals surface area (Å²) in [4.78, 5) is 29.7. The number of hydrogen-bond acceptors (Lipinski definition) is 7. The number of benzene rings is 1. The van der Waals surface area contributed by atoms with Crippen molar-refractivity contribution in [3.63, 3.8) is 0 Å². The normalized spacial score (nSPS) is 12.0. The maximum absolute atomic E-state index is 12.4. The van der Waals surface area contributed by atoms with E-state index < -0.39 is 24.5 Å². The van der Waals surface area contributed by atoms with Crippen LogP contribution in [0.1, 0.15) is 27.8 Å². The van der Waals surface area contributed by atoms with Crippen molar-refractivity contribution in [3.8, 4) is 15.6 Å². The van der Waals surface area contributed by atoms with Crippen LogP contribution in [0.3, 0.4) is 0 Å². The van der Waals surface area contributed by atoms with Gasteiger partial charge in [-0.2, -0.15) is 8.78 Å². The molecular formula is C18H13F2NO4S2. The fourth-order valence-corrected chi connectivity index (χ4v) is 3.79. The summed E-state index contributed by atoms with van der Waals surface area (Å²) < 4.78 is 33.7. The first-order valence-electron chi connectivity index (χ1n) is 7.73. The highest BCUT2D eigenvalue weighted by molar-refractivity contribution is 7.20. The van der Waals surface area contributed by atoms with E-state index in [4.69, 9.17) is 4.74 Å². The number of carbonyl (C=O) groups is 2. The number of rotatable bonds is 7. The van der Waals surface area contributed by atoms with E-state index >= 15 is 0 Å². The van der Waals surface area contributed by atoms with Gasteiger partial charge in [0.25, 0.3) is 0 Å². The molecule has 3 rings (SSSR count). The van der Waals surface area contributed by atoms with Crippen molar-refractivity contribution >= 4 is 34.4 Å². The molecule has 1 aromatic carbocycles. The van der Waals surface area contributed by atoms with Crippen LogP contribution in [0, 0.1) is 0 Å². The zero-order valence-electron chi connectivity index (χ0n) is 13.9. The number of halogens is 2. The van der Waals surface area contributed by atoms with Gasteiger partial charge in [0.15, 0.2) is 11.8 Å². The monoisotopic (exact) mass is 409 g/mol. The van der Waals surface area contributed by atoms with Gasteiger partial charge in [0.05, 0.1) is 4.88 Å². The average molecular weight is 409 g/mol. The molecule has 3 aromatic rings. The molecule has 2 heterocycles. The second-order valence-corrected chi connectivity index (χ2v) is 7.14. The van der Waals surface area contributed by atoms with Crippen molar-refractivity contribution in [1.29, 1.82) is 0 Å². The Bertz CT molecular complexity index is 923. The van der Waals surface area contributed by atoms with Gasteiger partial charge in [-0.15, -0.1) is 22.7 Å². The molecule has 140 valence electrons. The van der Waals surface area contributed by atoms with Gasteiger partial charge in [-0.3, -0.25) is 4.79 Å². The molecule has 5 nitrogen and oxygen atoms in total. The molecule has 0 radical (unpaired) electrons. The van der Waals surface area contributed by atoms with Crippen molar-refractivity contribution < 1.29 is 27.8 Å². The quantitative estimate of drug-likeness (QED) is 0.410. The number of thiophene rings is 1. The van der Waals surface area contributed by atoms with Crippen LogP contribution in [0.5, 0.6) is 5.75 Å². The molecule has 0 fully saturated rings. The van der Waals surface area contributed by atoms with Crippen LogP contribution in [0.4, 0.5) is 8.78 Å². The van der Waals surface area contributed by atoms with Crippen molar-refractivity contribution in [2.45, 2.75) is 19.6 Å². The van der Waals surface area contributed by atoms with E-state index in [0.29, 0.717) is 5.01 Å². The molecule has 0 aliphatic heterocycles. The third-order valence-corrected chi connectivity index (χ3v) is 5.34. The Balaban J connectivity index is 1.63. The molecule has 0 aliphatic rings. The second kappa shape index (κ2) is 8.36. The summed E-state index contributed by atoms with van der Waals surface area (Å²) in [7, 11) is 0. The zero-order chi connectivity index (χ0) is 19.4. The summed E-state index contributed by atoms with van der Waals surface area (Å²) in [6, 6.07) is 8.96. The Morgan fingerprint density at radius 3 is 2.48 bits per heavy atom. The standard InChI is InChI=1S/C18H13F2NO4S2/c1-10(15(22)11-4-6-12(7-5-11)25-18(19)20)24-17(23)13-9-27-16(21-13)14-3-2-8-26-14/h2-10,18H,1H3/t10-/m0/s1. The van der Waals surface area contributed by atoms with E-state index in [1.165, 1.54) is 53.9 Å². The molecule has 1 atom stereocenters. The fraction of sp³-hybridized carbons (Fsp3) is 0.167. The molecule has 0 N–H and O–H groups in total. The van der Waals surface area contributed by atoms with Crippen LogP contribution < -0.4 is 4.74 Å². The molecule has 0 saturated heterocycles. The van der Waals surface area contributed by atoms with Crippen molar-refractivity contribution in [2.75, 3.05) is 0 Å². The minimum atomic E-state index is -2.94. The van der Waals surface area contributed by atoms with Crippen LogP contribution >= 0.6 is 22.7 Å². The predicted molar refractivity (Wildman–Crippen MR) is 97.7 cm³/mol. The van der Waals surface area contributed by atoms with Crippen LogP contribution in [0.25, 0.3) is 9.88 Å². The van der Waals surface area contributed by atoms with Crippen LogP contribution in [0.2, 0.25) is 0 Å². The largest absolute Gasteiger partial charge is 0.450 e. The summed E-state index contributed by atoms with van der Waals surface area (Å²) in [6.07, 6.45) is -1.05. The Hall–Kier alpha value is -2.65. The van der Waals surface area contributed by atoms with Gasteiger partial charge < -0.3 is 9.47 Å². The van der Waals surface area contributed by atoms with Crippen molar-refractivity contribution in [3.05, 3.63) is 58.4 Å². The highest BCUT2D eigenvalue weighted by Crippen LogP contribution is 2.28. The lowest BCUT2D eigenvalue weighted by Crippen LogP contribution is -2.24. The highest BCUT2D eigenvalue weighted by Gasteiger charge is 2.22. The SMILES string of the molecule is C[C@H](OC(=O)c1csc(-c2cccs2)n1)C(=O)c1ccc(OC(F)F)cc1. The number of ether oxygens (including phenoxy) is 2. The third kappa shape index (κ3) is 4.75. The zero-order valence-corrected chi connectivity index (χ0v) is 15.6. The third-order valence-electron chi connectivity index (χ3n) is 3.46. The molecule has 9 heteroatoms. The summed E-state index contributed by atoms with van der Waals surface area (Å²) >= 11 is 2.82. The van der Waals surface area contributed by atoms with E-state index in [-0.39, 0.29) is 17.0 Å². The van der Waals surface area contributed by atoms with E-state index in [0.717, 1.165) is 4.88 Å². The molecule has 0 aliphatic carbocycles. The van der Waals surface area contributed by atoms with Gasteiger partial charge in [-0.05, 0) is 42.6 Å². The number of thiazole rings is 1. The minimum Gasteiger partial charge on any atom is -0.450 e. The van der Waals surface area contributed by atoms with E-state index in [2.05, 4.69) is 9.72 Å².